The molecule has 2 N–H and O–H groups in total. The number of ether oxygens (including phenoxy) is 1. The van der Waals surface area contributed by atoms with Gasteiger partial charge in [-0.25, -0.2) is 4.98 Å². The van der Waals surface area contributed by atoms with Crippen molar-refractivity contribution < 1.29 is 9.53 Å². The molecular weight excluding hydrogens is 290 g/mol. The van der Waals surface area contributed by atoms with Crippen LogP contribution in [0.3, 0.4) is 0 Å². The van der Waals surface area contributed by atoms with Crippen LogP contribution in [-0.4, -0.2) is 28.6 Å². The summed E-state index contributed by atoms with van der Waals surface area (Å²) in [6.07, 6.45) is 3.51. The Bertz CT molecular complexity index is 628. The van der Waals surface area contributed by atoms with Crippen LogP contribution in [0.5, 0.6) is 0 Å². The van der Waals surface area contributed by atoms with E-state index in [1.54, 1.807) is 0 Å². The van der Waals surface area contributed by atoms with Crippen molar-refractivity contribution in [2.75, 3.05) is 6.61 Å². The van der Waals surface area contributed by atoms with Crippen molar-refractivity contribution in [2.45, 2.75) is 51.7 Å². The molecule has 1 saturated heterocycles. The van der Waals surface area contributed by atoms with Crippen molar-refractivity contribution in [2.24, 2.45) is 5.92 Å². The second-order valence-electron chi connectivity index (χ2n) is 6.41. The first-order chi connectivity index (χ1) is 11.2. The van der Waals surface area contributed by atoms with Gasteiger partial charge in [-0.2, -0.15) is 0 Å². The predicted molar refractivity (Wildman–Crippen MR) is 90.0 cm³/mol. The maximum atomic E-state index is 12.4. The van der Waals surface area contributed by atoms with Gasteiger partial charge in [-0.3, -0.25) is 4.79 Å². The number of hydrogen-bond acceptors (Lipinski definition) is 3. The molecule has 1 aliphatic heterocycles. The lowest BCUT2D eigenvalue weighted by atomic mass is 9.98. The maximum Gasteiger partial charge on any atom is 0.223 e. The molecule has 0 radical (unpaired) electrons. The van der Waals surface area contributed by atoms with Crippen molar-refractivity contribution >= 4 is 16.9 Å². The smallest absolute Gasteiger partial charge is 0.223 e. The third-order valence-corrected chi connectivity index (χ3v) is 4.67. The van der Waals surface area contributed by atoms with Gasteiger partial charge in [0.15, 0.2) is 0 Å². The highest BCUT2D eigenvalue weighted by Gasteiger charge is 2.26. The molecule has 1 aliphatic rings. The van der Waals surface area contributed by atoms with Crippen LogP contribution in [0, 0.1) is 5.92 Å². The van der Waals surface area contributed by atoms with Crippen molar-refractivity contribution in [3.8, 4) is 0 Å². The van der Waals surface area contributed by atoms with Gasteiger partial charge in [-0.15, -0.1) is 0 Å². The molecule has 1 amide bonds. The van der Waals surface area contributed by atoms with Gasteiger partial charge < -0.3 is 15.0 Å². The van der Waals surface area contributed by atoms with E-state index < -0.39 is 0 Å². The topological polar surface area (TPSA) is 67.0 Å². The highest BCUT2D eigenvalue weighted by molar-refractivity contribution is 5.78. The second kappa shape index (κ2) is 7.13. The van der Waals surface area contributed by atoms with E-state index in [4.69, 9.17) is 4.74 Å². The molecule has 0 spiro atoms. The number of nitrogens with zero attached hydrogens (tertiary/aromatic N) is 1. The standard InChI is InChI=1S/C18H25N3O2/c1-3-12(2)17(21-16(22)11-13-7-6-10-23-13)18-19-14-8-4-5-9-15(14)20-18/h4-5,8-9,12-13,17H,3,6-7,10-11H2,1-2H3,(H,19,20)(H,21,22)/t12-,13+,17+/m0/s1. The van der Waals surface area contributed by atoms with Crippen molar-refractivity contribution in [3.63, 3.8) is 0 Å². The summed E-state index contributed by atoms with van der Waals surface area (Å²) >= 11 is 0. The third kappa shape index (κ3) is 3.72. The second-order valence-corrected chi connectivity index (χ2v) is 6.41. The molecule has 23 heavy (non-hydrogen) atoms. The van der Waals surface area contributed by atoms with Crippen LogP contribution in [0.25, 0.3) is 11.0 Å². The molecule has 3 rings (SSSR count). The minimum absolute atomic E-state index is 0.0441. The number of aromatic nitrogens is 2. The zero-order valence-corrected chi connectivity index (χ0v) is 13.8. The van der Waals surface area contributed by atoms with Crippen molar-refractivity contribution in [3.05, 3.63) is 30.1 Å². The average molecular weight is 315 g/mol. The number of aromatic amines is 1. The van der Waals surface area contributed by atoms with Gasteiger partial charge in [-0.05, 0) is 30.9 Å². The number of rotatable bonds is 6. The largest absolute Gasteiger partial charge is 0.378 e. The van der Waals surface area contributed by atoms with Crippen LogP contribution < -0.4 is 5.32 Å². The zero-order valence-electron chi connectivity index (χ0n) is 13.8. The summed E-state index contributed by atoms with van der Waals surface area (Å²) < 4.78 is 5.56. The lowest BCUT2D eigenvalue weighted by molar-refractivity contribution is -0.124. The summed E-state index contributed by atoms with van der Waals surface area (Å²) in [5, 5.41) is 3.16. The minimum Gasteiger partial charge on any atom is -0.378 e. The number of carbonyl (C=O) groups excluding carboxylic acids is 1. The van der Waals surface area contributed by atoms with E-state index >= 15 is 0 Å². The summed E-state index contributed by atoms with van der Waals surface area (Å²) in [5.41, 5.74) is 1.94. The van der Waals surface area contributed by atoms with E-state index in [0.717, 1.165) is 42.7 Å². The van der Waals surface area contributed by atoms with Gasteiger partial charge >= 0.3 is 0 Å². The van der Waals surface area contributed by atoms with E-state index in [9.17, 15) is 4.79 Å². The first kappa shape index (κ1) is 16.0. The van der Waals surface area contributed by atoms with Gasteiger partial charge in [0.05, 0.1) is 29.6 Å². The number of amides is 1. The predicted octanol–water partition coefficient (Wildman–Crippen LogP) is 3.34. The van der Waals surface area contributed by atoms with Crippen molar-refractivity contribution in [1.29, 1.82) is 0 Å². The Labute approximate surface area is 136 Å². The molecule has 2 heterocycles. The van der Waals surface area contributed by atoms with E-state index in [1.807, 2.05) is 24.3 Å². The van der Waals surface area contributed by atoms with Gasteiger partial charge in [0.25, 0.3) is 0 Å². The van der Waals surface area contributed by atoms with Gasteiger partial charge in [0.1, 0.15) is 5.82 Å². The third-order valence-electron chi connectivity index (χ3n) is 4.67. The van der Waals surface area contributed by atoms with Gasteiger partial charge in [0.2, 0.25) is 5.91 Å². The lowest BCUT2D eigenvalue weighted by Crippen LogP contribution is -2.35. The first-order valence-electron chi connectivity index (χ1n) is 8.53. The molecule has 1 fully saturated rings. The van der Waals surface area contributed by atoms with Crippen LogP contribution in [-0.2, 0) is 9.53 Å². The Morgan fingerprint density at radius 3 is 3.00 bits per heavy atom. The molecule has 5 heteroatoms. The molecule has 124 valence electrons. The van der Waals surface area contributed by atoms with E-state index in [2.05, 4.69) is 29.1 Å². The normalized spacial score (nSPS) is 20.5. The number of fused-ring (bicyclic) bond motifs is 1. The quantitative estimate of drug-likeness (QED) is 0.859. The number of imidazole rings is 1. The number of benzene rings is 1. The van der Waals surface area contributed by atoms with E-state index in [0.29, 0.717) is 12.3 Å². The first-order valence-corrected chi connectivity index (χ1v) is 8.53. The fourth-order valence-corrected chi connectivity index (χ4v) is 3.08. The Hall–Kier alpha value is -1.88. The number of hydrogen-bond donors (Lipinski definition) is 2. The maximum absolute atomic E-state index is 12.4. The molecule has 2 aromatic rings. The molecule has 1 aromatic heterocycles. The molecule has 0 aliphatic carbocycles. The molecule has 3 atom stereocenters. The summed E-state index contributed by atoms with van der Waals surface area (Å²) in [4.78, 5) is 20.4. The number of carbonyl (C=O) groups is 1. The fraction of sp³-hybridized carbons (Fsp3) is 0.556. The lowest BCUT2D eigenvalue weighted by Gasteiger charge is -2.23. The SMILES string of the molecule is CC[C@H](C)[C@@H](NC(=O)C[C@H]1CCCO1)c1nc2ccccc2[nH]1. The molecule has 0 unspecified atom stereocenters. The van der Waals surface area contributed by atoms with Crippen molar-refractivity contribution in [1.82, 2.24) is 15.3 Å². The minimum atomic E-state index is -0.0960. The molecule has 1 aromatic carbocycles. The van der Waals surface area contributed by atoms with Crippen LogP contribution in [0.15, 0.2) is 24.3 Å². The van der Waals surface area contributed by atoms with Crippen LogP contribution in [0.1, 0.15) is 51.4 Å². The Balaban J connectivity index is 1.75. The van der Waals surface area contributed by atoms with E-state index in [-0.39, 0.29) is 18.1 Å². The Morgan fingerprint density at radius 1 is 1.48 bits per heavy atom. The monoisotopic (exact) mass is 315 g/mol. The molecule has 0 saturated carbocycles. The summed E-state index contributed by atoms with van der Waals surface area (Å²) in [6, 6.07) is 7.85. The zero-order chi connectivity index (χ0) is 16.2. The molecule has 0 bridgehead atoms. The average Bonchev–Trinajstić information content (AvgIpc) is 3.20. The van der Waals surface area contributed by atoms with Crippen LogP contribution in [0.4, 0.5) is 0 Å². The molecular formula is C18H25N3O2. The number of H-pyrrole nitrogens is 1. The Morgan fingerprint density at radius 2 is 2.30 bits per heavy atom. The highest BCUT2D eigenvalue weighted by Crippen LogP contribution is 2.25. The number of para-hydroxylation sites is 2. The summed E-state index contributed by atoms with van der Waals surface area (Å²) in [5.74, 6) is 1.19. The fourth-order valence-electron chi connectivity index (χ4n) is 3.08. The summed E-state index contributed by atoms with van der Waals surface area (Å²) in [6.45, 7) is 5.05. The van der Waals surface area contributed by atoms with Gasteiger partial charge in [-0.1, -0.05) is 32.4 Å². The highest BCUT2D eigenvalue weighted by atomic mass is 16.5. The Kier molecular flexibility index (Phi) is 4.96. The van der Waals surface area contributed by atoms with Crippen LogP contribution >= 0.6 is 0 Å². The number of nitrogens with one attached hydrogen (secondary N) is 2. The van der Waals surface area contributed by atoms with Crippen LogP contribution in [0.2, 0.25) is 0 Å². The van der Waals surface area contributed by atoms with E-state index in [1.165, 1.54) is 0 Å². The van der Waals surface area contributed by atoms with Gasteiger partial charge in [0, 0.05) is 6.61 Å². The molecule has 5 nitrogen and oxygen atoms in total. The summed E-state index contributed by atoms with van der Waals surface area (Å²) in [7, 11) is 0.